The number of nitrogens with zero attached hydrogens (tertiary/aromatic N) is 1. The first-order valence-electron chi connectivity index (χ1n) is 6.20. The summed E-state index contributed by atoms with van der Waals surface area (Å²) in [6.45, 7) is -0.0914. The maximum Gasteiger partial charge on any atom is 0.149 e. The van der Waals surface area contributed by atoms with Crippen molar-refractivity contribution in [2.24, 2.45) is 4.99 Å². The molecule has 2 aromatic carbocycles. The summed E-state index contributed by atoms with van der Waals surface area (Å²) in [4.78, 5) is 4.39. The smallest absolute Gasteiger partial charge is 0.149 e. The van der Waals surface area contributed by atoms with Crippen LogP contribution in [0.25, 0.3) is 0 Å². The minimum atomic E-state index is -0.346. The Balaban J connectivity index is 2.32. The second-order valence-corrected chi connectivity index (χ2v) is 5.39. The molecule has 0 amide bonds. The van der Waals surface area contributed by atoms with Gasteiger partial charge in [-0.25, -0.2) is 0 Å². The largest absolute Gasteiger partial charge is 0.478 e. The van der Waals surface area contributed by atoms with Crippen LogP contribution in [0.5, 0.6) is 5.75 Å². The lowest BCUT2D eigenvalue weighted by Gasteiger charge is -2.11. The fourth-order valence-corrected chi connectivity index (χ4v) is 2.78. The molecular weight excluding hydrogens is 328 g/mol. The van der Waals surface area contributed by atoms with Crippen LogP contribution in [0.1, 0.15) is 17.2 Å². The molecule has 2 atom stereocenters. The molecule has 0 aliphatic heterocycles. The van der Waals surface area contributed by atoms with Crippen LogP contribution in [0.3, 0.4) is 0 Å². The summed E-state index contributed by atoms with van der Waals surface area (Å²) in [5.41, 5.74) is 1.58. The lowest BCUT2D eigenvalue weighted by Crippen LogP contribution is -2.02. The number of rotatable bonds is 5. The summed E-state index contributed by atoms with van der Waals surface area (Å²) in [5.74, 6) is 0.472. The van der Waals surface area contributed by atoms with E-state index in [4.69, 9.17) is 27.7 Å². The Morgan fingerprint density at radius 1 is 1.24 bits per heavy atom. The van der Waals surface area contributed by atoms with E-state index in [-0.39, 0.29) is 12.6 Å². The molecule has 0 fully saturated rings. The first-order valence-corrected chi connectivity index (χ1v) is 7.43. The zero-order valence-electron chi connectivity index (χ0n) is 11.0. The van der Waals surface area contributed by atoms with E-state index in [9.17, 15) is 5.11 Å². The number of aliphatic imine (C=N–C) groups is 1. The van der Waals surface area contributed by atoms with E-state index < -0.39 is 0 Å². The fraction of sp³-hybridized carbons (Fsp3) is 0.133. The fourth-order valence-electron chi connectivity index (χ4n) is 1.88. The molecule has 0 radical (unpaired) electrons. The zero-order chi connectivity index (χ0) is 15.2. The minimum Gasteiger partial charge on any atom is -0.478 e. The highest BCUT2D eigenvalue weighted by Gasteiger charge is 2.10. The third-order valence-corrected chi connectivity index (χ3v) is 3.64. The molecular formula is C15H14Cl2NO2P. The molecule has 0 saturated carbocycles. The molecule has 2 rings (SSSR count). The number of benzene rings is 2. The number of hydrogen-bond donors (Lipinski definition) is 1. The van der Waals surface area contributed by atoms with Crippen LogP contribution in [0.2, 0.25) is 10.0 Å². The van der Waals surface area contributed by atoms with Gasteiger partial charge in [0.25, 0.3) is 0 Å². The van der Waals surface area contributed by atoms with Gasteiger partial charge in [-0.05, 0) is 17.7 Å². The summed E-state index contributed by atoms with van der Waals surface area (Å²) < 4.78 is 5.18. The van der Waals surface area contributed by atoms with Crippen LogP contribution in [-0.4, -0.2) is 17.9 Å². The van der Waals surface area contributed by atoms with Crippen molar-refractivity contribution in [2.75, 3.05) is 6.61 Å². The molecule has 0 heterocycles. The van der Waals surface area contributed by atoms with Gasteiger partial charge in [-0.1, -0.05) is 53.5 Å². The van der Waals surface area contributed by atoms with Gasteiger partial charge in [-0.2, -0.15) is 0 Å². The van der Waals surface area contributed by atoms with Gasteiger partial charge < -0.3 is 9.63 Å². The van der Waals surface area contributed by atoms with E-state index in [0.29, 0.717) is 21.4 Å². The van der Waals surface area contributed by atoms with Crippen LogP contribution in [0.15, 0.2) is 47.5 Å². The van der Waals surface area contributed by atoms with E-state index >= 15 is 0 Å². The number of hydrogen-bond acceptors (Lipinski definition) is 3. The molecule has 6 heteroatoms. The van der Waals surface area contributed by atoms with E-state index in [0.717, 1.165) is 5.56 Å². The summed E-state index contributed by atoms with van der Waals surface area (Å²) in [6.07, 6.45) is 1.60. The van der Waals surface area contributed by atoms with Crippen molar-refractivity contribution in [3.05, 3.63) is 63.6 Å². The molecule has 0 aliphatic carbocycles. The van der Waals surface area contributed by atoms with Crippen molar-refractivity contribution in [3.63, 3.8) is 0 Å². The average Bonchev–Trinajstić information content (AvgIpc) is 2.48. The molecule has 0 spiro atoms. The van der Waals surface area contributed by atoms with Crippen molar-refractivity contribution in [1.29, 1.82) is 0 Å². The normalized spacial score (nSPS) is 12.6. The third kappa shape index (κ3) is 4.18. The van der Waals surface area contributed by atoms with E-state index in [1.807, 2.05) is 30.3 Å². The molecule has 110 valence electrons. The molecule has 0 saturated heterocycles. The van der Waals surface area contributed by atoms with Gasteiger partial charge in [0.15, 0.2) is 0 Å². The Morgan fingerprint density at radius 2 is 1.95 bits per heavy atom. The molecule has 0 aromatic heterocycles. The number of aliphatic hydroxyl groups is 1. The van der Waals surface area contributed by atoms with Crippen molar-refractivity contribution in [2.45, 2.75) is 6.04 Å². The van der Waals surface area contributed by atoms with Crippen LogP contribution >= 0.6 is 32.7 Å². The SMILES string of the molecule is OCC(N=Cc1cc(Cl)cc(Cl)c1OP)c1ccccc1. The lowest BCUT2D eigenvalue weighted by atomic mass is 10.1. The van der Waals surface area contributed by atoms with Gasteiger partial charge in [-0.15, -0.1) is 0 Å². The van der Waals surface area contributed by atoms with E-state index in [1.54, 1.807) is 18.3 Å². The first-order chi connectivity index (χ1) is 10.2. The quantitative estimate of drug-likeness (QED) is 0.650. The monoisotopic (exact) mass is 341 g/mol. The number of aliphatic hydroxyl groups excluding tert-OH is 1. The summed E-state index contributed by atoms with van der Waals surface area (Å²) in [6, 6.07) is 12.5. The standard InChI is InChI=1S/C15H14Cl2NO2P/c16-12-6-11(15(20-21)13(17)7-12)8-18-14(9-19)10-4-2-1-3-5-10/h1-8,14,19H,9,21H2. The molecule has 0 aliphatic rings. The molecule has 3 nitrogen and oxygen atoms in total. The van der Waals surface area contributed by atoms with E-state index in [1.165, 1.54) is 0 Å². The lowest BCUT2D eigenvalue weighted by molar-refractivity contribution is 0.269. The summed E-state index contributed by atoms with van der Waals surface area (Å²) in [7, 11) is 2.15. The van der Waals surface area contributed by atoms with Crippen molar-refractivity contribution in [3.8, 4) is 5.75 Å². The third-order valence-electron chi connectivity index (χ3n) is 2.91. The predicted molar refractivity (Wildman–Crippen MR) is 90.7 cm³/mol. The van der Waals surface area contributed by atoms with Crippen LogP contribution in [-0.2, 0) is 0 Å². The molecule has 1 N–H and O–H groups in total. The van der Waals surface area contributed by atoms with Gasteiger partial charge in [-0.3, -0.25) is 4.99 Å². The topological polar surface area (TPSA) is 41.8 Å². The highest BCUT2D eigenvalue weighted by molar-refractivity contribution is 7.10. The van der Waals surface area contributed by atoms with Crippen LogP contribution < -0.4 is 4.52 Å². The highest BCUT2D eigenvalue weighted by atomic mass is 35.5. The van der Waals surface area contributed by atoms with E-state index in [2.05, 4.69) is 14.5 Å². The Labute approximate surface area is 135 Å². The molecule has 0 bridgehead atoms. The highest BCUT2D eigenvalue weighted by Crippen LogP contribution is 2.33. The van der Waals surface area contributed by atoms with Crippen molar-refractivity contribution >= 4 is 38.9 Å². The van der Waals surface area contributed by atoms with Gasteiger partial charge in [0.2, 0.25) is 0 Å². The van der Waals surface area contributed by atoms with Crippen molar-refractivity contribution < 1.29 is 9.63 Å². The average molecular weight is 342 g/mol. The van der Waals surface area contributed by atoms with Crippen LogP contribution in [0.4, 0.5) is 0 Å². The first kappa shape index (κ1) is 16.3. The Kier molecular flexibility index (Phi) is 6.01. The Morgan fingerprint density at radius 3 is 2.57 bits per heavy atom. The molecule has 2 unspecified atom stereocenters. The van der Waals surface area contributed by atoms with Gasteiger partial charge >= 0.3 is 0 Å². The molecule has 21 heavy (non-hydrogen) atoms. The predicted octanol–water partition coefficient (Wildman–Crippen LogP) is 4.31. The van der Waals surface area contributed by atoms with Gasteiger partial charge in [0.05, 0.1) is 27.1 Å². The maximum atomic E-state index is 9.49. The summed E-state index contributed by atoms with van der Waals surface area (Å²) >= 11 is 12.1. The van der Waals surface area contributed by atoms with Crippen LogP contribution in [0, 0.1) is 0 Å². The van der Waals surface area contributed by atoms with Crippen molar-refractivity contribution in [1.82, 2.24) is 0 Å². The maximum absolute atomic E-state index is 9.49. The molecule has 2 aromatic rings. The minimum absolute atomic E-state index is 0.0914. The Bertz CT molecular complexity index is 635. The summed E-state index contributed by atoms with van der Waals surface area (Å²) in [5, 5.41) is 10.4. The van der Waals surface area contributed by atoms with Gasteiger partial charge in [0.1, 0.15) is 5.75 Å². The second-order valence-electron chi connectivity index (χ2n) is 4.31. The van der Waals surface area contributed by atoms with Gasteiger partial charge in [0, 0.05) is 16.8 Å². The second kappa shape index (κ2) is 7.77. The zero-order valence-corrected chi connectivity index (χ0v) is 13.7. The number of halogens is 2. The Hall–Kier alpha value is -1.12.